The highest BCUT2D eigenvalue weighted by molar-refractivity contribution is 5.73. The summed E-state index contributed by atoms with van der Waals surface area (Å²) in [5.74, 6) is 1.75. The number of pyridine rings is 1. The highest BCUT2D eigenvalue weighted by atomic mass is 16.2. The van der Waals surface area contributed by atoms with Crippen LogP contribution in [0.2, 0.25) is 0 Å². The normalized spacial score (nSPS) is 14.7. The van der Waals surface area contributed by atoms with Gasteiger partial charge in [-0.2, -0.15) is 0 Å². The zero-order chi connectivity index (χ0) is 19.2. The van der Waals surface area contributed by atoms with E-state index >= 15 is 0 Å². The molecule has 0 atom stereocenters. The summed E-state index contributed by atoms with van der Waals surface area (Å²) in [6, 6.07) is 13.0. The first-order valence-corrected chi connectivity index (χ1v) is 9.78. The van der Waals surface area contributed by atoms with Gasteiger partial charge in [0.15, 0.2) is 0 Å². The van der Waals surface area contributed by atoms with E-state index in [1.165, 1.54) is 16.7 Å². The number of piperazine rings is 1. The third kappa shape index (κ3) is 5.07. The monoisotopic (exact) mass is 366 g/mol. The van der Waals surface area contributed by atoms with E-state index in [1.54, 1.807) is 6.92 Å². The minimum Gasteiger partial charge on any atom is -0.353 e. The number of hydrogen-bond acceptors (Lipinski definition) is 4. The lowest BCUT2D eigenvalue weighted by Gasteiger charge is -2.35. The molecule has 1 aromatic heterocycles. The van der Waals surface area contributed by atoms with Gasteiger partial charge in [0.1, 0.15) is 5.82 Å². The van der Waals surface area contributed by atoms with Crippen LogP contribution in [0.4, 0.5) is 5.82 Å². The predicted molar refractivity (Wildman–Crippen MR) is 110 cm³/mol. The number of aromatic nitrogens is 1. The Labute approximate surface area is 162 Å². The van der Waals surface area contributed by atoms with Gasteiger partial charge in [-0.15, -0.1) is 0 Å². The number of hydrogen-bond donors (Lipinski definition) is 1. The Morgan fingerprint density at radius 2 is 1.78 bits per heavy atom. The molecule has 3 rings (SSSR count). The molecule has 1 aliphatic rings. The van der Waals surface area contributed by atoms with Crippen LogP contribution in [0.3, 0.4) is 0 Å². The summed E-state index contributed by atoms with van der Waals surface area (Å²) < 4.78 is 0. The molecule has 2 heterocycles. The van der Waals surface area contributed by atoms with Crippen LogP contribution in [-0.4, -0.2) is 42.0 Å². The van der Waals surface area contributed by atoms with Crippen molar-refractivity contribution in [2.24, 2.45) is 0 Å². The van der Waals surface area contributed by atoms with Crippen molar-refractivity contribution in [1.82, 2.24) is 15.2 Å². The number of benzene rings is 1. The molecule has 1 N–H and O–H groups in total. The number of carbonyl (C=O) groups excluding carboxylic acids is 1. The lowest BCUT2D eigenvalue weighted by Crippen LogP contribution is -2.48. The molecule has 27 heavy (non-hydrogen) atoms. The second-order valence-electron chi connectivity index (χ2n) is 7.48. The molecule has 2 aromatic rings. The van der Waals surface area contributed by atoms with E-state index in [2.05, 4.69) is 59.4 Å². The van der Waals surface area contributed by atoms with Gasteiger partial charge in [-0.05, 0) is 23.1 Å². The molecule has 0 saturated carbocycles. The van der Waals surface area contributed by atoms with E-state index in [4.69, 9.17) is 0 Å². The van der Waals surface area contributed by atoms with Crippen LogP contribution in [0.5, 0.6) is 0 Å². The Morgan fingerprint density at radius 1 is 1.07 bits per heavy atom. The topological polar surface area (TPSA) is 48.5 Å². The summed E-state index contributed by atoms with van der Waals surface area (Å²) in [6.07, 6.45) is 1.85. The molecule has 0 spiro atoms. The Morgan fingerprint density at radius 3 is 2.41 bits per heavy atom. The van der Waals surface area contributed by atoms with E-state index < -0.39 is 0 Å². The first-order chi connectivity index (χ1) is 13.0. The Bertz CT molecular complexity index is 749. The molecule has 1 fully saturated rings. The second-order valence-corrected chi connectivity index (χ2v) is 7.48. The molecule has 144 valence electrons. The number of nitrogens with one attached hydrogen (secondary N) is 1. The van der Waals surface area contributed by atoms with Crippen molar-refractivity contribution in [2.45, 2.75) is 39.8 Å². The molecule has 1 aromatic carbocycles. The predicted octanol–water partition coefficient (Wildman–Crippen LogP) is 3.16. The maximum Gasteiger partial charge on any atom is 0.219 e. The van der Waals surface area contributed by atoms with Gasteiger partial charge in [0.25, 0.3) is 0 Å². The van der Waals surface area contributed by atoms with Crippen molar-refractivity contribution in [2.75, 3.05) is 31.1 Å². The van der Waals surface area contributed by atoms with Crippen molar-refractivity contribution in [1.29, 1.82) is 0 Å². The number of amides is 1. The number of rotatable bonds is 6. The molecule has 1 aliphatic heterocycles. The fraction of sp³-hybridized carbons (Fsp3) is 0.455. The highest BCUT2D eigenvalue weighted by Crippen LogP contribution is 2.19. The SMILES string of the molecule is CC(=O)N1CCN(c2ncccc2CNCc2ccc(C(C)C)cc2)CC1. The number of carbonyl (C=O) groups is 1. The Kier molecular flexibility index (Phi) is 6.45. The van der Waals surface area contributed by atoms with E-state index in [-0.39, 0.29) is 5.91 Å². The zero-order valence-corrected chi connectivity index (χ0v) is 16.6. The zero-order valence-electron chi connectivity index (χ0n) is 16.6. The first-order valence-electron chi connectivity index (χ1n) is 9.78. The molecule has 5 nitrogen and oxygen atoms in total. The summed E-state index contributed by atoms with van der Waals surface area (Å²) in [4.78, 5) is 20.3. The summed E-state index contributed by atoms with van der Waals surface area (Å²) >= 11 is 0. The quantitative estimate of drug-likeness (QED) is 0.853. The van der Waals surface area contributed by atoms with E-state index in [0.717, 1.165) is 45.1 Å². The number of nitrogens with zero attached hydrogens (tertiary/aromatic N) is 3. The van der Waals surface area contributed by atoms with Crippen molar-refractivity contribution in [3.05, 3.63) is 59.3 Å². The molecule has 0 radical (unpaired) electrons. The fourth-order valence-corrected chi connectivity index (χ4v) is 3.45. The van der Waals surface area contributed by atoms with Crippen molar-refractivity contribution < 1.29 is 4.79 Å². The average molecular weight is 367 g/mol. The molecule has 0 unspecified atom stereocenters. The summed E-state index contributed by atoms with van der Waals surface area (Å²) in [6.45, 7) is 10.9. The summed E-state index contributed by atoms with van der Waals surface area (Å²) in [5, 5.41) is 3.54. The number of anilines is 1. The van der Waals surface area contributed by atoms with Crippen LogP contribution in [0.15, 0.2) is 42.6 Å². The third-order valence-electron chi connectivity index (χ3n) is 5.18. The smallest absolute Gasteiger partial charge is 0.219 e. The highest BCUT2D eigenvalue weighted by Gasteiger charge is 2.21. The van der Waals surface area contributed by atoms with Gasteiger partial charge in [0.05, 0.1) is 0 Å². The van der Waals surface area contributed by atoms with Gasteiger partial charge in [-0.1, -0.05) is 44.2 Å². The maximum absolute atomic E-state index is 11.5. The lowest BCUT2D eigenvalue weighted by atomic mass is 10.0. The van der Waals surface area contributed by atoms with Crippen molar-refractivity contribution in [3.8, 4) is 0 Å². The van der Waals surface area contributed by atoms with E-state index in [9.17, 15) is 4.79 Å². The minimum absolute atomic E-state index is 0.154. The van der Waals surface area contributed by atoms with Crippen LogP contribution in [0, 0.1) is 0 Å². The van der Waals surface area contributed by atoms with Crippen LogP contribution < -0.4 is 10.2 Å². The van der Waals surface area contributed by atoms with Crippen LogP contribution in [-0.2, 0) is 17.9 Å². The second kappa shape index (κ2) is 9.00. The fourth-order valence-electron chi connectivity index (χ4n) is 3.45. The van der Waals surface area contributed by atoms with Crippen molar-refractivity contribution >= 4 is 11.7 Å². The van der Waals surface area contributed by atoms with Gasteiger partial charge in [0.2, 0.25) is 5.91 Å². The summed E-state index contributed by atoms with van der Waals surface area (Å²) in [5.41, 5.74) is 3.87. The first kappa shape index (κ1) is 19.4. The molecule has 0 bridgehead atoms. The standard InChI is InChI=1S/C22H30N4O/c1-17(2)20-8-6-19(7-9-20)15-23-16-21-5-4-10-24-22(21)26-13-11-25(12-14-26)18(3)27/h4-10,17,23H,11-16H2,1-3H3. The molecular weight excluding hydrogens is 336 g/mol. The Hall–Kier alpha value is -2.40. The lowest BCUT2D eigenvalue weighted by molar-refractivity contribution is -0.129. The molecule has 0 aliphatic carbocycles. The van der Waals surface area contributed by atoms with Gasteiger partial charge in [-0.3, -0.25) is 4.79 Å². The Balaban J connectivity index is 1.57. The van der Waals surface area contributed by atoms with Crippen LogP contribution >= 0.6 is 0 Å². The molecule has 1 amide bonds. The average Bonchev–Trinajstić information content (AvgIpc) is 2.69. The van der Waals surface area contributed by atoms with Gasteiger partial charge in [0, 0.05) is 58.0 Å². The minimum atomic E-state index is 0.154. The van der Waals surface area contributed by atoms with E-state index in [1.807, 2.05) is 17.2 Å². The van der Waals surface area contributed by atoms with Gasteiger partial charge in [-0.25, -0.2) is 4.98 Å². The van der Waals surface area contributed by atoms with Crippen molar-refractivity contribution in [3.63, 3.8) is 0 Å². The molecule has 5 heteroatoms. The van der Waals surface area contributed by atoms with Gasteiger partial charge >= 0.3 is 0 Å². The largest absolute Gasteiger partial charge is 0.353 e. The van der Waals surface area contributed by atoms with Crippen LogP contribution in [0.1, 0.15) is 43.4 Å². The molecular formula is C22H30N4O. The van der Waals surface area contributed by atoms with Gasteiger partial charge < -0.3 is 15.1 Å². The van der Waals surface area contributed by atoms with E-state index in [0.29, 0.717) is 5.92 Å². The third-order valence-corrected chi connectivity index (χ3v) is 5.18. The molecule has 1 saturated heterocycles. The summed E-state index contributed by atoms with van der Waals surface area (Å²) in [7, 11) is 0. The maximum atomic E-state index is 11.5. The van der Waals surface area contributed by atoms with Crippen LogP contribution in [0.25, 0.3) is 0 Å².